The Hall–Kier alpha value is -3.81. The Balaban J connectivity index is 1.54. The van der Waals surface area contributed by atoms with Crippen molar-refractivity contribution in [3.05, 3.63) is 72.3 Å². The van der Waals surface area contributed by atoms with Crippen molar-refractivity contribution in [2.75, 3.05) is 20.8 Å². The van der Waals surface area contributed by atoms with E-state index < -0.39 is 18.5 Å². The average Bonchev–Trinajstić information content (AvgIpc) is 3.26. The molecule has 0 saturated heterocycles. The quantitative estimate of drug-likeness (QED) is 0.589. The molecular weight excluding hydrogens is 374 g/mol. The van der Waals surface area contributed by atoms with E-state index in [-0.39, 0.29) is 12.2 Å². The zero-order valence-corrected chi connectivity index (χ0v) is 16.1. The van der Waals surface area contributed by atoms with E-state index in [0.29, 0.717) is 11.5 Å². The van der Waals surface area contributed by atoms with E-state index in [1.807, 2.05) is 36.4 Å². The maximum atomic E-state index is 12.3. The molecule has 1 aromatic heterocycles. The monoisotopic (exact) mass is 395 g/mol. The standard InChI is InChI=1S/C21H21N3O5/c1-27-18-9-8-15(10-19(18)28-2)11-23-20(25)13-29-21(26)17-12-22-14-24(17)16-6-4-3-5-7-16/h3-10,12,14H,11,13H2,1-2H3,(H,23,25). The third kappa shape index (κ3) is 4.92. The molecule has 3 aromatic rings. The summed E-state index contributed by atoms with van der Waals surface area (Å²) in [5.41, 5.74) is 1.84. The lowest BCUT2D eigenvalue weighted by Gasteiger charge is -2.11. The highest BCUT2D eigenvalue weighted by atomic mass is 16.5. The van der Waals surface area contributed by atoms with Crippen LogP contribution in [0, 0.1) is 0 Å². The van der Waals surface area contributed by atoms with Crippen LogP contribution in [0.3, 0.4) is 0 Å². The van der Waals surface area contributed by atoms with Crippen LogP contribution in [0.5, 0.6) is 11.5 Å². The van der Waals surface area contributed by atoms with Crippen molar-refractivity contribution >= 4 is 11.9 Å². The van der Waals surface area contributed by atoms with Gasteiger partial charge >= 0.3 is 5.97 Å². The number of aromatic nitrogens is 2. The van der Waals surface area contributed by atoms with Gasteiger partial charge in [-0.2, -0.15) is 0 Å². The fraction of sp³-hybridized carbons (Fsp3) is 0.190. The number of ether oxygens (including phenoxy) is 3. The Morgan fingerprint density at radius 1 is 1.03 bits per heavy atom. The van der Waals surface area contributed by atoms with E-state index in [1.54, 1.807) is 30.9 Å². The number of hydrogen-bond donors (Lipinski definition) is 1. The normalized spacial score (nSPS) is 10.3. The van der Waals surface area contributed by atoms with E-state index in [0.717, 1.165) is 11.3 Å². The molecule has 1 amide bonds. The highest BCUT2D eigenvalue weighted by Crippen LogP contribution is 2.27. The maximum Gasteiger partial charge on any atom is 0.357 e. The summed E-state index contributed by atoms with van der Waals surface area (Å²) in [6.07, 6.45) is 2.92. The van der Waals surface area contributed by atoms with Gasteiger partial charge in [-0.15, -0.1) is 0 Å². The second kappa shape index (κ2) is 9.41. The smallest absolute Gasteiger partial charge is 0.357 e. The Labute approximate surface area is 168 Å². The molecular formula is C21H21N3O5. The molecule has 0 aliphatic rings. The number of methoxy groups -OCH3 is 2. The summed E-state index contributed by atoms with van der Waals surface area (Å²) < 4.78 is 17.1. The number of benzene rings is 2. The molecule has 0 fully saturated rings. The first-order chi connectivity index (χ1) is 14.1. The molecule has 0 saturated carbocycles. The zero-order valence-electron chi connectivity index (χ0n) is 16.1. The predicted molar refractivity (Wildman–Crippen MR) is 105 cm³/mol. The third-order valence-electron chi connectivity index (χ3n) is 4.15. The molecule has 0 radical (unpaired) electrons. The van der Waals surface area contributed by atoms with Gasteiger partial charge in [-0.25, -0.2) is 9.78 Å². The molecule has 8 nitrogen and oxygen atoms in total. The fourth-order valence-electron chi connectivity index (χ4n) is 2.69. The van der Waals surface area contributed by atoms with Gasteiger partial charge in [-0.05, 0) is 29.8 Å². The highest BCUT2D eigenvalue weighted by Gasteiger charge is 2.16. The minimum atomic E-state index is -0.632. The molecule has 0 spiro atoms. The van der Waals surface area contributed by atoms with Crippen LogP contribution in [0.1, 0.15) is 16.1 Å². The Kier molecular flexibility index (Phi) is 6.47. The van der Waals surface area contributed by atoms with Crippen LogP contribution in [0.2, 0.25) is 0 Å². The number of para-hydroxylation sites is 1. The summed E-state index contributed by atoms with van der Waals surface area (Å²) in [6, 6.07) is 14.6. The largest absolute Gasteiger partial charge is 0.493 e. The minimum absolute atomic E-state index is 0.240. The van der Waals surface area contributed by atoms with E-state index in [9.17, 15) is 9.59 Å². The van der Waals surface area contributed by atoms with Crippen molar-refractivity contribution in [1.82, 2.24) is 14.9 Å². The van der Waals surface area contributed by atoms with E-state index >= 15 is 0 Å². The molecule has 3 rings (SSSR count). The topological polar surface area (TPSA) is 91.7 Å². The Morgan fingerprint density at radius 3 is 2.52 bits per heavy atom. The maximum absolute atomic E-state index is 12.3. The minimum Gasteiger partial charge on any atom is -0.493 e. The second-order valence-electron chi connectivity index (χ2n) is 6.03. The first-order valence-corrected chi connectivity index (χ1v) is 8.85. The number of esters is 1. The third-order valence-corrected chi connectivity index (χ3v) is 4.15. The van der Waals surface area contributed by atoms with Gasteiger partial charge in [0.15, 0.2) is 23.8 Å². The second-order valence-corrected chi connectivity index (χ2v) is 6.03. The number of carbonyl (C=O) groups is 2. The van der Waals surface area contributed by atoms with Crippen LogP contribution >= 0.6 is 0 Å². The van der Waals surface area contributed by atoms with E-state index in [2.05, 4.69) is 10.3 Å². The molecule has 0 unspecified atom stereocenters. The number of hydrogen-bond acceptors (Lipinski definition) is 6. The van der Waals surface area contributed by atoms with Crippen molar-refractivity contribution in [3.8, 4) is 17.2 Å². The van der Waals surface area contributed by atoms with Gasteiger partial charge in [-0.3, -0.25) is 9.36 Å². The summed E-state index contributed by atoms with van der Waals surface area (Å²) in [5, 5.41) is 2.70. The van der Waals surface area contributed by atoms with E-state index in [4.69, 9.17) is 14.2 Å². The Morgan fingerprint density at radius 2 is 1.79 bits per heavy atom. The number of imidazole rings is 1. The lowest BCUT2D eigenvalue weighted by atomic mass is 10.2. The molecule has 150 valence electrons. The van der Waals surface area contributed by atoms with Crippen molar-refractivity contribution < 1.29 is 23.8 Å². The molecule has 29 heavy (non-hydrogen) atoms. The molecule has 2 aromatic carbocycles. The van der Waals surface area contributed by atoms with Crippen LogP contribution in [0.15, 0.2) is 61.1 Å². The van der Waals surface area contributed by atoms with Crippen molar-refractivity contribution in [1.29, 1.82) is 0 Å². The van der Waals surface area contributed by atoms with Gasteiger partial charge in [0, 0.05) is 12.2 Å². The fourth-order valence-corrected chi connectivity index (χ4v) is 2.69. The number of nitrogens with one attached hydrogen (secondary N) is 1. The van der Waals surface area contributed by atoms with Crippen LogP contribution in [-0.4, -0.2) is 42.3 Å². The van der Waals surface area contributed by atoms with Crippen LogP contribution < -0.4 is 14.8 Å². The first kappa shape index (κ1) is 19.9. The molecule has 8 heteroatoms. The van der Waals surface area contributed by atoms with Gasteiger partial charge in [0.2, 0.25) is 0 Å². The van der Waals surface area contributed by atoms with E-state index in [1.165, 1.54) is 12.5 Å². The van der Waals surface area contributed by atoms with Gasteiger partial charge < -0.3 is 19.5 Å². The summed E-state index contributed by atoms with van der Waals surface area (Å²) in [5.74, 6) is 0.123. The van der Waals surface area contributed by atoms with Crippen LogP contribution in [0.25, 0.3) is 5.69 Å². The van der Waals surface area contributed by atoms with Crippen molar-refractivity contribution in [3.63, 3.8) is 0 Å². The van der Waals surface area contributed by atoms with Gasteiger partial charge in [0.25, 0.3) is 5.91 Å². The number of nitrogens with zero attached hydrogens (tertiary/aromatic N) is 2. The average molecular weight is 395 g/mol. The molecule has 1 heterocycles. The summed E-state index contributed by atoms with van der Waals surface area (Å²) in [4.78, 5) is 28.4. The van der Waals surface area contributed by atoms with Crippen LogP contribution in [0.4, 0.5) is 0 Å². The molecule has 0 aliphatic carbocycles. The van der Waals surface area contributed by atoms with Gasteiger partial charge in [-0.1, -0.05) is 24.3 Å². The number of rotatable bonds is 8. The highest BCUT2D eigenvalue weighted by molar-refractivity contribution is 5.90. The number of amides is 1. The van der Waals surface area contributed by atoms with Crippen molar-refractivity contribution in [2.24, 2.45) is 0 Å². The van der Waals surface area contributed by atoms with Gasteiger partial charge in [0.05, 0.1) is 26.7 Å². The first-order valence-electron chi connectivity index (χ1n) is 8.85. The predicted octanol–water partition coefficient (Wildman–Crippen LogP) is 2.36. The molecule has 0 atom stereocenters. The lowest BCUT2D eigenvalue weighted by Crippen LogP contribution is -2.28. The number of carbonyl (C=O) groups excluding carboxylic acids is 2. The summed E-state index contributed by atoms with van der Waals surface area (Å²) in [6.45, 7) is -0.134. The lowest BCUT2D eigenvalue weighted by molar-refractivity contribution is -0.124. The van der Waals surface area contributed by atoms with Crippen molar-refractivity contribution in [2.45, 2.75) is 6.54 Å². The van der Waals surface area contributed by atoms with Gasteiger partial charge in [0.1, 0.15) is 0 Å². The SMILES string of the molecule is COc1ccc(CNC(=O)COC(=O)c2cncn2-c2ccccc2)cc1OC. The Bertz CT molecular complexity index is 985. The molecule has 0 aliphatic heterocycles. The molecule has 1 N–H and O–H groups in total. The summed E-state index contributed by atoms with van der Waals surface area (Å²) >= 11 is 0. The molecule has 0 bridgehead atoms. The zero-order chi connectivity index (χ0) is 20.6. The van der Waals surface area contributed by atoms with Crippen LogP contribution in [-0.2, 0) is 16.1 Å². The summed E-state index contributed by atoms with van der Waals surface area (Å²) in [7, 11) is 3.09.